The molecule has 0 saturated heterocycles. The van der Waals surface area contributed by atoms with Crippen LogP contribution in [0.2, 0.25) is 5.02 Å². The highest BCUT2D eigenvalue weighted by molar-refractivity contribution is 6.30. The summed E-state index contributed by atoms with van der Waals surface area (Å²) >= 11 is 5.98. The van der Waals surface area contributed by atoms with Gasteiger partial charge in [0.05, 0.1) is 0 Å². The summed E-state index contributed by atoms with van der Waals surface area (Å²) in [5.74, 6) is -0.438. The van der Waals surface area contributed by atoms with E-state index in [1.807, 2.05) is 66.7 Å². The largest absolute Gasteiger partial charge is 0.366 e. The first-order valence-corrected chi connectivity index (χ1v) is 11.7. The van der Waals surface area contributed by atoms with Crippen molar-refractivity contribution in [3.8, 4) is 11.1 Å². The van der Waals surface area contributed by atoms with Gasteiger partial charge in [0, 0.05) is 23.2 Å². The number of amides is 1. The number of rotatable bonds is 7. The number of halogens is 1. The first-order valence-electron chi connectivity index (χ1n) is 11.3. The molecule has 0 spiro atoms. The molecule has 0 bridgehead atoms. The SMILES string of the molecule is NC(=O)/C(=C/c1ccc(CNC2CCCCC2)cc1)c1ccc(-c2ccc(Cl)cc2)cc1. The smallest absolute Gasteiger partial charge is 0.249 e. The Kier molecular flexibility index (Phi) is 7.41. The average Bonchev–Trinajstić information content (AvgIpc) is 2.83. The fourth-order valence-corrected chi connectivity index (χ4v) is 4.37. The highest BCUT2D eigenvalue weighted by atomic mass is 35.5. The van der Waals surface area contributed by atoms with Crippen LogP contribution < -0.4 is 11.1 Å². The highest BCUT2D eigenvalue weighted by Gasteiger charge is 2.12. The lowest BCUT2D eigenvalue weighted by Crippen LogP contribution is -2.30. The average molecular weight is 445 g/mol. The zero-order chi connectivity index (χ0) is 22.3. The van der Waals surface area contributed by atoms with Crippen LogP contribution >= 0.6 is 11.6 Å². The van der Waals surface area contributed by atoms with E-state index in [-0.39, 0.29) is 0 Å². The molecule has 0 atom stereocenters. The van der Waals surface area contributed by atoms with E-state index in [4.69, 9.17) is 17.3 Å². The predicted octanol–water partition coefficient (Wildman–Crippen LogP) is 6.46. The lowest BCUT2D eigenvalue weighted by Gasteiger charge is -2.22. The van der Waals surface area contributed by atoms with Gasteiger partial charge in [-0.05, 0) is 58.9 Å². The molecular weight excluding hydrogens is 416 g/mol. The van der Waals surface area contributed by atoms with Crippen LogP contribution in [-0.2, 0) is 11.3 Å². The van der Waals surface area contributed by atoms with E-state index in [9.17, 15) is 4.79 Å². The van der Waals surface area contributed by atoms with E-state index >= 15 is 0 Å². The molecule has 0 aliphatic heterocycles. The summed E-state index contributed by atoms with van der Waals surface area (Å²) in [6.07, 6.45) is 8.44. The predicted molar refractivity (Wildman–Crippen MR) is 134 cm³/mol. The number of hydrogen-bond acceptors (Lipinski definition) is 2. The Morgan fingerprint density at radius 2 is 1.47 bits per heavy atom. The minimum Gasteiger partial charge on any atom is -0.366 e. The van der Waals surface area contributed by atoms with Gasteiger partial charge in [-0.15, -0.1) is 0 Å². The second-order valence-electron chi connectivity index (χ2n) is 8.46. The molecule has 3 nitrogen and oxygen atoms in total. The van der Waals surface area contributed by atoms with Gasteiger partial charge in [-0.25, -0.2) is 0 Å². The molecule has 1 aliphatic carbocycles. The van der Waals surface area contributed by atoms with Crippen LogP contribution in [0.15, 0.2) is 72.8 Å². The van der Waals surface area contributed by atoms with Crippen molar-refractivity contribution >= 4 is 29.2 Å². The monoisotopic (exact) mass is 444 g/mol. The number of nitrogens with one attached hydrogen (secondary N) is 1. The van der Waals surface area contributed by atoms with Gasteiger partial charge in [0.25, 0.3) is 0 Å². The molecule has 4 rings (SSSR count). The van der Waals surface area contributed by atoms with Crippen molar-refractivity contribution in [2.24, 2.45) is 5.73 Å². The van der Waals surface area contributed by atoms with E-state index in [1.165, 1.54) is 37.7 Å². The molecule has 3 aromatic rings. The molecule has 1 saturated carbocycles. The Balaban J connectivity index is 1.46. The maximum atomic E-state index is 12.2. The molecule has 0 unspecified atom stereocenters. The third kappa shape index (κ3) is 5.87. The van der Waals surface area contributed by atoms with E-state index in [0.29, 0.717) is 16.6 Å². The number of nitrogens with two attached hydrogens (primary N) is 1. The minimum atomic E-state index is -0.438. The van der Waals surface area contributed by atoms with Crippen LogP contribution in [0, 0.1) is 0 Å². The van der Waals surface area contributed by atoms with Crippen LogP contribution in [0.25, 0.3) is 22.8 Å². The van der Waals surface area contributed by atoms with Gasteiger partial charge in [0.2, 0.25) is 5.91 Å². The second-order valence-corrected chi connectivity index (χ2v) is 8.90. The Bertz CT molecular complexity index is 1060. The fourth-order valence-electron chi connectivity index (χ4n) is 4.25. The van der Waals surface area contributed by atoms with Gasteiger partial charge >= 0.3 is 0 Å². The molecule has 1 aliphatic rings. The van der Waals surface area contributed by atoms with Gasteiger partial charge in [-0.1, -0.05) is 91.5 Å². The van der Waals surface area contributed by atoms with E-state index in [0.717, 1.165) is 28.8 Å². The van der Waals surface area contributed by atoms with Crippen molar-refractivity contribution in [3.63, 3.8) is 0 Å². The molecule has 0 aromatic heterocycles. The topological polar surface area (TPSA) is 55.1 Å². The molecule has 0 heterocycles. The van der Waals surface area contributed by atoms with E-state index in [1.54, 1.807) is 0 Å². The van der Waals surface area contributed by atoms with Gasteiger partial charge < -0.3 is 11.1 Å². The van der Waals surface area contributed by atoms with Crippen LogP contribution in [0.4, 0.5) is 0 Å². The van der Waals surface area contributed by atoms with Crippen LogP contribution in [0.1, 0.15) is 48.8 Å². The number of carbonyl (C=O) groups is 1. The summed E-state index contributed by atoms with van der Waals surface area (Å²) in [5.41, 5.74) is 11.4. The van der Waals surface area contributed by atoms with Gasteiger partial charge in [0.1, 0.15) is 0 Å². The summed E-state index contributed by atoms with van der Waals surface area (Å²) in [6, 6.07) is 24.5. The highest BCUT2D eigenvalue weighted by Crippen LogP contribution is 2.25. The summed E-state index contributed by atoms with van der Waals surface area (Å²) < 4.78 is 0. The maximum absolute atomic E-state index is 12.2. The molecule has 164 valence electrons. The minimum absolute atomic E-state index is 0.438. The lowest BCUT2D eigenvalue weighted by molar-refractivity contribution is -0.112. The Morgan fingerprint density at radius 3 is 2.06 bits per heavy atom. The molecule has 4 heteroatoms. The quantitative estimate of drug-likeness (QED) is 0.324. The normalized spacial score (nSPS) is 15.0. The molecule has 3 aromatic carbocycles. The molecule has 0 radical (unpaired) electrons. The summed E-state index contributed by atoms with van der Waals surface area (Å²) in [5, 5.41) is 4.38. The van der Waals surface area contributed by atoms with Crippen LogP contribution in [0.5, 0.6) is 0 Å². The fraction of sp³-hybridized carbons (Fsp3) is 0.250. The lowest BCUT2D eigenvalue weighted by atomic mass is 9.95. The van der Waals surface area contributed by atoms with Crippen molar-refractivity contribution in [1.82, 2.24) is 5.32 Å². The first-order chi connectivity index (χ1) is 15.6. The van der Waals surface area contributed by atoms with Crippen LogP contribution in [0.3, 0.4) is 0 Å². The number of carbonyl (C=O) groups excluding carboxylic acids is 1. The van der Waals surface area contributed by atoms with Crippen molar-refractivity contribution in [1.29, 1.82) is 0 Å². The van der Waals surface area contributed by atoms with E-state index in [2.05, 4.69) is 17.4 Å². The van der Waals surface area contributed by atoms with Crippen molar-refractivity contribution in [3.05, 3.63) is 94.5 Å². The van der Waals surface area contributed by atoms with Gasteiger partial charge in [0.15, 0.2) is 0 Å². The van der Waals surface area contributed by atoms with Crippen molar-refractivity contribution < 1.29 is 4.79 Å². The number of hydrogen-bond donors (Lipinski definition) is 2. The Morgan fingerprint density at radius 1 is 0.875 bits per heavy atom. The summed E-state index contributed by atoms with van der Waals surface area (Å²) in [4.78, 5) is 12.2. The molecule has 32 heavy (non-hydrogen) atoms. The van der Waals surface area contributed by atoms with Crippen molar-refractivity contribution in [2.75, 3.05) is 0 Å². The summed E-state index contributed by atoms with van der Waals surface area (Å²) in [6.45, 7) is 0.878. The van der Waals surface area contributed by atoms with E-state index < -0.39 is 5.91 Å². The molecule has 3 N–H and O–H groups in total. The molecule has 1 amide bonds. The zero-order valence-electron chi connectivity index (χ0n) is 18.2. The maximum Gasteiger partial charge on any atom is 0.249 e. The van der Waals surface area contributed by atoms with Crippen molar-refractivity contribution in [2.45, 2.75) is 44.7 Å². The molecular formula is C28H29ClN2O. The Hall–Kier alpha value is -2.88. The second kappa shape index (κ2) is 10.6. The number of benzene rings is 3. The number of primary amides is 1. The third-order valence-electron chi connectivity index (χ3n) is 6.13. The Labute approximate surface area is 195 Å². The standard InChI is InChI=1S/C28H29ClN2O/c29-25-16-14-23(15-17-25)22-10-12-24(13-11-22)27(28(30)32)18-20-6-8-21(9-7-20)19-31-26-4-2-1-3-5-26/h6-18,26,31H,1-5,19H2,(H2,30,32)/b27-18+. The molecule has 1 fully saturated rings. The van der Waals surface area contributed by atoms with Gasteiger partial charge in [-0.3, -0.25) is 4.79 Å². The first kappa shape index (κ1) is 22.3. The summed E-state index contributed by atoms with van der Waals surface area (Å²) in [7, 11) is 0. The van der Waals surface area contributed by atoms with Crippen LogP contribution in [-0.4, -0.2) is 11.9 Å². The van der Waals surface area contributed by atoms with Gasteiger partial charge in [-0.2, -0.15) is 0 Å². The third-order valence-corrected chi connectivity index (χ3v) is 6.38. The zero-order valence-corrected chi connectivity index (χ0v) is 18.9.